The number of hydrogen-bond acceptors (Lipinski definition) is 5. The van der Waals surface area contributed by atoms with Crippen LogP contribution < -0.4 is 18.9 Å². The predicted molar refractivity (Wildman–Crippen MR) is 106 cm³/mol. The Morgan fingerprint density at radius 3 is 2.54 bits per heavy atom. The third-order valence-corrected chi connectivity index (χ3v) is 6.69. The highest BCUT2D eigenvalue weighted by atomic mass is 16.7. The summed E-state index contributed by atoms with van der Waals surface area (Å²) in [5.41, 5.74) is 2.02. The second-order valence-corrected chi connectivity index (χ2v) is 8.14. The summed E-state index contributed by atoms with van der Waals surface area (Å²) in [6.45, 7) is 6.96. The van der Waals surface area contributed by atoms with E-state index in [9.17, 15) is 0 Å². The Balaban J connectivity index is 1.66. The van der Waals surface area contributed by atoms with Crippen LogP contribution in [0.25, 0.3) is 0 Å². The number of benzene rings is 2. The first kappa shape index (κ1) is 17.7. The van der Waals surface area contributed by atoms with Crippen LogP contribution in [0.4, 0.5) is 0 Å². The Labute approximate surface area is 166 Å². The van der Waals surface area contributed by atoms with Crippen LogP contribution in [-0.2, 0) is 0 Å². The molecule has 3 atom stereocenters. The van der Waals surface area contributed by atoms with E-state index in [2.05, 4.69) is 43.0 Å². The molecule has 5 heteroatoms. The first-order valence-electron chi connectivity index (χ1n) is 10.1. The van der Waals surface area contributed by atoms with Gasteiger partial charge in [-0.15, -0.1) is 0 Å². The molecule has 0 N–H and O–H groups in total. The Bertz CT molecular complexity index is 892. The lowest BCUT2D eigenvalue weighted by Crippen LogP contribution is -2.57. The maximum atomic E-state index is 6.71. The number of nitrogens with zero attached hydrogens (tertiary/aromatic N) is 1. The maximum absolute atomic E-state index is 6.71. The molecule has 1 saturated heterocycles. The molecule has 5 rings (SSSR count). The van der Waals surface area contributed by atoms with Gasteiger partial charge in [-0.25, -0.2) is 0 Å². The van der Waals surface area contributed by atoms with Gasteiger partial charge in [-0.1, -0.05) is 19.1 Å². The van der Waals surface area contributed by atoms with Gasteiger partial charge in [0.1, 0.15) is 11.5 Å². The van der Waals surface area contributed by atoms with E-state index in [1.165, 1.54) is 18.4 Å². The molecule has 0 saturated carbocycles. The molecule has 0 unspecified atom stereocenters. The van der Waals surface area contributed by atoms with Crippen molar-refractivity contribution >= 4 is 0 Å². The summed E-state index contributed by atoms with van der Waals surface area (Å²) in [6, 6.07) is 12.5. The second kappa shape index (κ2) is 6.59. The summed E-state index contributed by atoms with van der Waals surface area (Å²) >= 11 is 0. The summed E-state index contributed by atoms with van der Waals surface area (Å²) in [5, 5.41) is 0. The van der Waals surface area contributed by atoms with Crippen molar-refractivity contribution in [2.24, 2.45) is 5.92 Å². The predicted octanol–water partition coefficient (Wildman–Crippen LogP) is 4.40. The zero-order chi connectivity index (χ0) is 19.3. The molecule has 148 valence electrons. The molecule has 28 heavy (non-hydrogen) atoms. The molecule has 2 aromatic rings. The minimum atomic E-state index is -0.370. The lowest BCUT2D eigenvalue weighted by atomic mass is 9.74. The molecule has 3 aliphatic heterocycles. The number of hydrogen-bond donors (Lipinski definition) is 0. The van der Waals surface area contributed by atoms with Gasteiger partial charge < -0.3 is 18.9 Å². The average Bonchev–Trinajstić information content (AvgIpc) is 3.39. The van der Waals surface area contributed by atoms with Crippen molar-refractivity contribution in [1.29, 1.82) is 0 Å². The lowest BCUT2D eigenvalue weighted by molar-refractivity contribution is -0.114. The van der Waals surface area contributed by atoms with E-state index < -0.39 is 0 Å². The number of likely N-dealkylation sites (tertiary alicyclic amines) is 1. The molecule has 3 heterocycles. The number of rotatable bonds is 3. The van der Waals surface area contributed by atoms with Crippen LogP contribution in [0.2, 0.25) is 0 Å². The van der Waals surface area contributed by atoms with Crippen molar-refractivity contribution in [3.63, 3.8) is 0 Å². The average molecular weight is 381 g/mol. The van der Waals surface area contributed by atoms with Gasteiger partial charge in [0.25, 0.3) is 0 Å². The van der Waals surface area contributed by atoms with Crippen molar-refractivity contribution < 1.29 is 18.9 Å². The normalized spacial score (nSPS) is 28.7. The molecule has 5 nitrogen and oxygen atoms in total. The Hall–Kier alpha value is -2.40. The Morgan fingerprint density at radius 2 is 1.79 bits per heavy atom. The van der Waals surface area contributed by atoms with E-state index in [1.54, 1.807) is 7.11 Å². The second-order valence-electron chi connectivity index (χ2n) is 8.14. The van der Waals surface area contributed by atoms with Gasteiger partial charge in [0.15, 0.2) is 17.2 Å². The monoisotopic (exact) mass is 381 g/mol. The maximum Gasteiger partial charge on any atom is 0.231 e. The number of ether oxygens (including phenoxy) is 4. The molecule has 0 amide bonds. The largest absolute Gasteiger partial charge is 0.497 e. The fourth-order valence-corrected chi connectivity index (χ4v) is 4.98. The third kappa shape index (κ3) is 2.64. The summed E-state index contributed by atoms with van der Waals surface area (Å²) in [6.07, 6.45) is 2.45. The van der Waals surface area contributed by atoms with Gasteiger partial charge in [0.2, 0.25) is 6.79 Å². The molecule has 0 spiro atoms. The molecule has 0 bridgehead atoms. The molecule has 0 radical (unpaired) electrons. The quantitative estimate of drug-likeness (QED) is 0.788. The van der Waals surface area contributed by atoms with Crippen LogP contribution in [0.1, 0.15) is 43.7 Å². The van der Waals surface area contributed by atoms with Gasteiger partial charge >= 0.3 is 0 Å². The standard InChI is InChI=1S/C23H27NO4/c1-15-22(16-7-6-8-17(11-16)25-3)18-12-20-21(27-14-26-20)13-19(18)28-23(15,2)24-9-4-5-10-24/h6-8,11-13,15,22H,4-5,9-10,14H2,1-3H3/t15-,22+,23-/m1/s1. The molecular formula is C23H27NO4. The minimum Gasteiger partial charge on any atom is -0.497 e. The van der Waals surface area contributed by atoms with Crippen LogP contribution in [0, 0.1) is 5.92 Å². The number of methoxy groups -OCH3 is 1. The molecule has 0 aromatic heterocycles. The minimum absolute atomic E-state index is 0.180. The van der Waals surface area contributed by atoms with Crippen molar-refractivity contribution in [3.8, 4) is 23.0 Å². The fraction of sp³-hybridized carbons (Fsp3) is 0.478. The molecule has 3 aliphatic rings. The van der Waals surface area contributed by atoms with Gasteiger partial charge in [0.05, 0.1) is 7.11 Å². The van der Waals surface area contributed by atoms with Crippen LogP contribution in [0.5, 0.6) is 23.0 Å². The topological polar surface area (TPSA) is 40.2 Å². The van der Waals surface area contributed by atoms with Crippen LogP contribution >= 0.6 is 0 Å². The summed E-state index contributed by atoms with van der Waals surface area (Å²) in [4.78, 5) is 2.50. The van der Waals surface area contributed by atoms with Gasteiger partial charge in [0, 0.05) is 36.6 Å². The molecular weight excluding hydrogens is 354 g/mol. The smallest absolute Gasteiger partial charge is 0.231 e. The van der Waals surface area contributed by atoms with E-state index in [4.69, 9.17) is 18.9 Å². The molecule has 1 fully saturated rings. The van der Waals surface area contributed by atoms with Crippen molar-refractivity contribution in [3.05, 3.63) is 47.5 Å². The molecule has 2 aromatic carbocycles. The zero-order valence-electron chi connectivity index (χ0n) is 16.7. The van der Waals surface area contributed by atoms with Crippen LogP contribution in [-0.4, -0.2) is 37.6 Å². The lowest BCUT2D eigenvalue weighted by Gasteiger charge is -2.50. The Morgan fingerprint density at radius 1 is 1.04 bits per heavy atom. The first-order chi connectivity index (χ1) is 13.6. The van der Waals surface area contributed by atoms with Crippen LogP contribution in [0.15, 0.2) is 36.4 Å². The van der Waals surface area contributed by atoms with Gasteiger partial charge in [-0.2, -0.15) is 0 Å². The fourth-order valence-electron chi connectivity index (χ4n) is 4.98. The van der Waals surface area contributed by atoms with E-state index in [0.29, 0.717) is 0 Å². The summed E-state index contributed by atoms with van der Waals surface area (Å²) < 4.78 is 23.5. The van der Waals surface area contributed by atoms with Crippen LogP contribution in [0.3, 0.4) is 0 Å². The van der Waals surface area contributed by atoms with E-state index >= 15 is 0 Å². The van der Waals surface area contributed by atoms with Crippen molar-refractivity contribution in [1.82, 2.24) is 4.90 Å². The first-order valence-corrected chi connectivity index (χ1v) is 10.1. The zero-order valence-corrected chi connectivity index (χ0v) is 16.7. The highest BCUT2D eigenvalue weighted by Gasteiger charge is 2.49. The van der Waals surface area contributed by atoms with E-state index in [1.807, 2.05) is 12.1 Å². The van der Waals surface area contributed by atoms with Gasteiger partial charge in [-0.05, 0) is 43.5 Å². The third-order valence-electron chi connectivity index (χ3n) is 6.69. The highest BCUT2D eigenvalue weighted by Crippen LogP contribution is 2.53. The van der Waals surface area contributed by atoms with E-state index in [-0.39, 0.29) is 24.4 Å². The molecule has 0 aliphatic carbocycles. The summed E-state index contributed by atoms with van der Waals surface area (Å²) in [7, 11) is 1.72. The van der Waals surface area contributed by atoms with Crippen molar-refractivity contribution in [2.75, 3.05) is 27.0 Å². The van der Waals surface area contributed by atoms with Gasteiger partial charge in [-0.3, -0.25) is 4.90 Å². The van der Waals surface area contributed by atoms with Crippen molar-refractivity contribution in [2.45, 2.75) is 38.3 Å². The number of fused-ring (bicyclic) bond motifs is 2. The highest BCUT2D eigenvalue weighted by molar-refractivity contribution is 5.56. The summed E-state index contributed by atoms with van der Waals surface area (Å²) in [5.74, 6) is 3.77. The van der Waals surface area contributed by atoms with E-state index in [0.717, 1.165) is 41.7 Å². The Kier molecular flexibility index (Phi) is 4.16. The SMILES string of the molecule is COc1cccc([C@H]2c3cc4c(cc3O[C@@](C)(N3CCCC3)[C@@H]2C)OCO4)c1.